The van der Waals surface area contributed by atoms with Gasteiger partial charge >= 0.3 is 11.8 Å². The summed E-state index contributed by atoms with van der Waals surface area (Å²) in [4.78, 5) is 36.1. The molecule has 0 aliphatic carbocycles. The van der Waals surface area contributed by atoms with Gasteiger partial charge in [-0.2, -0.15) is 13.2 Å². The number of carbonyl (C=O) groups excluding carboxylic acids is 2. The van der Waals surface area contributed by atoms with Crippen molar-refractivity contribution in [3.8, 4) is 5.75 Å². The highest BCUT2D eigenvalue weighted by atomic mass is 19.4. The van der Waals surface area contributed by atoms with Gasteiger partial charge in [0.05, 0.1) is 5.56 Å². The minimum Gasteiger partial charge on any atom is -0.484 e. The molecule has 0 radical (unpaired) electrons. The maximum atomic E-state index is 12.9. The van der Waals surface area contributed by atoms with E-state index in [0.29, 0.717) is 22.4 Å². The van der Waals surface area contributed by atoms with Crippen molar-refractivity contribution in [3.05, 3.63) is 100 Å². The molecule has 0 aliphatic heterocycles. The van der Waals surface area contributed by atoms with E-state index in [-0.39, 0.29) is 17.9 Å². The van der Waals surface area contributed by atoms with E-state index in [9.17, 15) is 27.6 Å². The number of amides is 2. The van der Waals surface area contributed by atoms with E-state index in [2.05, 4.69) is 10.6 Å². The monoisotopic (exact) mass is 482 g/mol. The van der Waals surface area contributed by atoms with Gasteiger partial charge in [-0.25, -0.2) is 4.79 Å². The van der Waals surface area contributed by atoms with E-state index in [1.807, 2.05) is 0 Å². The smallest absolute Gasteiger partial charge is 0.416 e. The number of alkyl halides is 3. The summed E-state index contributed by atoms with van der Waals surface area (Å²) >= 11 is 0. The number of hydrogen-bond donors (Lipinski definition) is 2. The van der Waals surface area contributed by atoms with Crippen LogP contribution in [0.1, 0.15) is 15.9 Å². The predicted octanol–water partition coefficient (Wildman–Crippen LogP) is 5.08. The van der Waals surface area contributed by atoms with Crippen LogP contribution in [0.25, 0.3) is 11.0 Å². The number of nitrogens with one attached hydrogen (secondary N) is 2. The zero-order valence-corrected chi connectivity index (χ0v) is 17.9. The minimum atomic E-state index is -4.53. The first-order valence-electron chi connectivity index (χ1n) is 10.2. The van der Waals surface area contributed by atoms with E-state index in [1.165, 1.54) is 42.5 Å². The molecule has 0 atom stereocenters. The summed E-state index contributed by atoms with van der Waals surface area (Å²) in [7, 11) is 0. The van der Waals surface area contributed by atoms with Crippen LogP contribution in [0.2, 0.25) is 0 Å². The molecule has 0 saturated carbocycles. The molecule has 0 spiro atoms. The van der Waals surface area contributed by atoms with Crippen molar-refractivity contribution in [2.75, 3.05) is 17.2 Å². The van der Waals surface area contributed by atoms with Crippen LogP contribution in [-0.4, -0.2) is 18.4 Å². The van der Waals surface area contributed by atoms with Gasteiger partial charge in [0.15, 0.2) is 6.61 Å². The van der Waals surface area contributed by atoms with Gasteiger partial charge in [-0.05, 0) is 54.6 Å². The topological polar surface area (TPSA) is 97.6 Å². The Hall–Kier alpha value is -4.60. The Morgan fingerprint density at radius 3 is 2.34 bits per heavy atom. The minimum absolute atomic E-state index is 0.0149. The summed E-state index contributed by atoms with van der Waals surface area (Å²) in [5, 5.41) is 5.69. The lowest BCUT2D eigenvalue weighted by atomic mass is 10.1. The number of hydrogen-bond acceptors (Lipinski definition) is 5. The number of benzene rings is 3. The molecule has 0 aliphatic rings. The Balaban J connectivity index is 1.37. The molecule has 4 aromatic rings. The summed E-state index contributed by atoms with van der Waals surface area (Å²) in [6, 6.07) is 17.9. The van der Waals surface area contributed by atoms with Gasteiger partial charge < -0.3 is 19.8 Å². The van der Waals surface area contributed by atoms with E-state index in [1.54, 1.807) is 24.3 Å². The highest BCUT2D eigenvalue weighted by molar-refractivity contribution is 6.05. The van der Waals surface area contributed by atoms with Crippen molar-refractivity contribution in [1.29, 1.82) is 0 Å². The molecule has 178 valence electrons. The van der Waals surface area contributed by atoms with Gasteiger partial charge in [-0.15, -0.1) is 0 Å². The van der Waals surface area contributed by atoms with E-state index in [0.717, 1.165) is 12.1 Å². The number of fused-ring (bicyclic) bond motifs is 1. The van der Waals surface area contributed by atoms with Crippen molar-refractivity contribution in [2.45, 2.75) is 6.18 Å². The fraction of sp³-hybridized carbons (Fsp3) is 0.0800. The molecular formula is C25H17F3N2O5. The lowest BCUT2D eigenvalue weighted by Crippen LogP contribution is -2.20. The van der Waals surface area contributed by atoms with Crippen LogP contribution >= 0.6 is 0 Å². The third kappa shape index (κ3) is 6.05. The predicted molar refractivity (Wildman–Crippen MR) is 122 cm³/mol. The largest absolute Gasteiger partial charge is 0.484 e. The number of ether oxygens (including phenoxy) is 1. The first kappa shape index (κ1) is 23.6. The number of halogens is 3. The molecule has 1 heterocycles. The summed E-state index contributed by atoms with van der Waals surface area (Å²) in [6.07, 6.45) is -4.53. The van der Waals surface area contributed by atoms with Gasteiger partial charge in [-0.3, -0.25) is 9.59 Å². The van der Waals surface area contributed by atoms with Crippen molar-refractivity contribution < 1.29 is 31.9 Å². The van der Waals surface area contributed by atoms with E-state index < -0.39 is 29.2 Å². The molecule has 0 bridgehead atoms. The van der Waals surface area contributed by atoms with Crippen molar-refractivity contribution >= 4 is 34.2 Å². The standard InChI is InChI=1S/C25H17F3N2O5/c26-25(27,28)17-4-2-6-19(12-17)30-24(33)16-3-1-5-18(11-16)29-22(31)14-34-20-9-7-15-8-10-23(32)35-21(15)13-20/h1-13H,14H2,(H,29,31)(H,30,33). The lowest BCUT2D eigenvalue weighted by Gasteiger charge is -2.11. The van der Waals surface area contributed by atoms with Crippen LogP contribution in [0.5, 0.6) is 5.75 Å². The van der Waals surface area contributed by atoms with Crippen LogP contribution in [0.15, 0.2) is 88.1 Å². The molecular weight excluding hydrogens is 465 g/mol. The molecule has 7 nitrogen and oxygen atoms in total. The number of rotatable bonds is 6. The molecule has 1 aromatic heterocycles. The van der Waals surface area contributed by atoms with Crippen LogP contribution in [-0.2, 0) is 11.0 Å². The van der Waals surface area contributed by atoms with Crippen LogP contribution < -0.4 is 21.0 Å². The second-order valence-electron chi connectivity index (χ2n) is 7.40. The van der Waals surface area contributed by atoms with E-state index in [4.69, 9.17) is 9.15 Å². The average molecular weight is 482 g/mol. The van der Waals surface area contributed by atoms with Gasteiger partial charge in [0, 0.05) is 34.5 Å². The first-order valence-corrected chi connectivity index (χ1v) is 10.2. The zero-order valence-electron chi connectivity index (χ0n) is 17.9. The fourth-order valence-corrected chi connectivity index (χ4v) is 3.19. The summed E-state index contributed by atoms with van der Waals surface area (Å²) in [5.74, 6) is -0.847. The Kier molecular flexibility index (Phi) is 6.54. The highest BCUT2D eigenvalue weighted by Gasteiger charge is 2.30. The van der Waals surface area contributed by atoms with Gasteiger partial charge in [-0.1, -0.05) is 12.1 Å². The van der Waals surface area contributed by atoms with Crippen molar-refractivity contribution in [1.82, 2.24) is 0 Å². The SMILES string of the molecule is O=C(COc1ccc2ccc(=O)oc2c1)Nc1cccc(C(=O)Nc2cccc(C(F)(F)F)c2)c1. The zero-order chi connectivity index (χ0) is 25.0. The molecule has 2 amide bonds. The average Bonchev–Trinajstić information content (AvgIpc) is 2.82. The quantitative estimate of drug-likeness (QED) is 0.374. The summed E-state index contributed by atoms with van der Waals surface area (Å²) < 4.78 is 49.1. The molecule has 35 heavy (non-hydrogen) atoms. The second kappa shape index (κ2) is 9.72. The Morgan fingerprint density at radius 1 is 0.857 bits per heavy atom. The lowest BCUT2D eigenvalue weighted by molar-refractivity contribution is -0.137. The summed E-state index contributed by atoms with van der Waals surface area (Å²) in [6.45, 7) is -0.358. The van der Waals surface area contributed by atoms with Crippen LogP contribution in [0.4, 0.5) is 24.5 Å². The van der Waals surface area contributed by atoms with Gasteiger partial charge in [0.25, 0.3) is 11.8 Å². The Morgan fingerprint density at radius 2 is 1.57 bits per heavy atom. The molecule has 2 N–H and O–H groups in total. The second-order valence-corrected chi connectivity index (χ2v) is 7.40. The number of anilines is 2. The molecule has 0 saturated heterocycles. The third-order valence-electron chi connectivity index (χ3n) is 4.82. The van der Waals surface area contributed by atoms with Gasteiger partial charge in [0.1, 0.15) is 11.3 Å². The van der Waals surface area contributed by atoms with Crippen LogP contribution in [0, 0.1) is 0 Å². The fourth-order valence-electron chi connectivity index (χ4n) is 3.19. The van der Waals surface area contributed by atoms with Gasteiger partial charge in [0.2, 0.25) is 0 Å². The van der Waals surface area contributed by atoms with E-state index >= 15 is 0 Å². The third-order valence-corrected chi connectivity index (χ3v) is 4.82. The normalized spacial score (nSPS) is 11.2. The van der Waals surface area contributed by atoms with Crippen molar-refractivity contribution in [2.24, 2.45) is 0 Å². The van der Waals surface area contributed by atoms with Crippen molar-refractivity contribution in [3.63, 3.8) is 0 Å². The van der Waals surface area contributed by atoms with Crippen LogP contribution in [0.3, 0.4) is 0 Å². The molecule has 3 aromatic carbocycles. The Bertz CT molecular complexity index is 1460. The molecule has 0 unspecified atom stereocenters. The molecule has 4 rings (SSSR count). The summed E-state index contributed by atoms with van der Waals surface area (Å²) in [5.41, 5.74) is -0.673. The first-order chi connectivity index (χ1) is 16.7. The maximum Gasteiger partial charge on any atom is 0.416 e. The highest BCUT2D eigenvalue weighted by Crippen LogP contribution is 2.30. The maximum absolute atomic E-state index is 12.9. The number of carbonyl (C=O) groups is 2. The molecule has 10 heteroatoms. The Labute approximate surface area is 196 Å². The molecule has 0 fully saturated rings.